The predicted octanol–water partition coefficient (Wildman–Crippen LogP) is 3.59. The average molecular weight is 252 g/mol. The summed E-state index contributed by atoms with van der Waals surface area (Å²) in [6.45, 7) is 0.925. The second kappa shape index (κ2) is 4.41. The van der Waals surface area contributed by atoms with Gasteiger partial charge in [-0.2, -0.15) is 0 Å². The molecule has 0 amide bonds. The van der Waals surface area contributed by atoms with Gasteiger partial charge in [0.25, 0.3) is 6.43 Å². The van der Waals surface area contributed by atoms with Crippen molar-refractivity contribution in [3.63, 3.8) is 0 Å². The molecule has 2 N–H and O–H groups in total. The van der Waals surface area contributed by atoms with Crippen molar-refractivity contribution in [2.45, 2.75) is 38.2 Å². The summed E-state index contributed by atoms with van der Waals surface area (Å²) in [4.78, 5) is 2.18. The van der Waals surface area contributed by atoms with E-state index in [-0.39, 0.29) is 5.56 Å². The van der Waals surface area contributed by atoms with Crippen molar-refractivity contribution in [1.82, 2.24) is 0 Å². The summed E-state index contributed by atoms with van der Waals surface area (Å²) in [5, 5.41) is 0. The summed E-state index contributed by atoms with van der Waals surface area (Å²) in [7, 11) is 0. The number of benzene rings is 1. The van der Waals surface area contributed by atoms with E-state index in [9.17, 15) is 8.78 Å². The summed E-state index contributed by atoms with van der Waals surface area (Å²) in [5.41, 5.74) is 6.81. The smallest absolute Gasteiger partial charge is 0.265 e. The Kier molecular flexibility index (Phi) is 2.88. The number of nitrogens with zero attached hydrogens (tertiary/aromatic N) is 1. The molecule has 2 aliphatic rings. The molecule has 0 atom stereocenters. The van der Waals surface area contributed by atoms with Crippen LogP contribution in [0.3, 0.4) is 0 Å². The predicted molar refractivity (Wildman–Crippen MR) is 68.9 cm³/mol. The molecule has 3 rings (SSSR count). The largest absolute Gasteiger partial charge is 0.399 e. The summed E-state index contributed by atoms with van der Waals surface area (Å²) < 4.78 is 26.2. The van der Waals surface area contributed by atoms with E-state index >= 15 is 0 Å². The lowest BCUT2D eigenvalue weighted by atomic mass is 10.1. The van der Waals surface area contributed by atoms with Gasteiger partial charge in [0.2, 0.25) is 0 Å². The first-order chi connectivity index (χ1) is 8.65. The molecule has 2 fully saturated rings. The molecule has 0 aliphatic heterocycles. The molecule has 1 aromatic carbocycles. The van der Waals surface area contributed by atoms with Gasteiger partial charge in [0, 0.05) is 29.5 Å². The van der Waals surface area contributed by atoms with E-state index in [0.717, 1.165) is 19.4 Å². The maximum Gasteiger partial charge on any atom is 0.265 e. The van der Waals surface area contributed by atoms with Crippen LogP contribution in [0.5, 0.6) is 0 Å². The van der Waals surface area contributed by atoms with Crippen molar-refractivity contribution >= 4 is 11.4 Å². The van der Waals surface area contributed by atoms with Crippen LogP contribution in [-0.4, -0.2) is 12.6 Å². The Labute approximate surface area is 106 Å². The zero-order valence-corrected chi connectivity index (χ0v) is 10.3. The van der Waals surface area contributed by atoms with E-state index in [0.29, 0.717) is 23.3 Å². The lowest BCUT2D eigenvalue weighted by Gasteiger charge is -2.27. The van der Waals surface area contributed by atoms with Crippen LogP contribution >= 0.6 is 0 Å². The Morgan fingerprint density at radius 1 is 1.22 bits per heavy atom. The first-order valence-corrected chi connectivity index (χ1v) is 6.59. The molecule has 0 heterocycles. The SMILES string of the molecule is Nc1ccc(N(CC2CC2)C2CC2)c(C(F)F)c1. The van der Waals surface area contributed by atoms with E-state index in [4.69, 9.17) is 5.73 Å². The highest BCUT2D eigenvalue weighted by Gasteiger charge is 2.35. The fraction of sp³-hybridized carbons (Fsp3) is 0.571. The number of hydrogen-bond acceptors (Lipinski definition) is 2. The number of hydrogen-bond donors (Lipinski definition) is 1. The number of nitrogens with two attached hydrogens (primary N) is 1. The minimum atomic E-state index is -2.45. The van der Waals surface area contributed by atoms with Crippen molar-refractivity contribution < 1.29 is 8.78 Å². The van der Waals surface area contributed by atoms with Crippen molar-refractivity contribution in [2.24, 2.45) is 5.92 Å². The monoisotopic (exact) mass is 252 g/mol. The third-order valence-electron chi connectivity index (χ3n) is 3.74. The standard InChI is InChI=1S/C14H18F2N2/c15-14(16)12-7-10(17)3-6-13(12)18(11-4-5-11)8-9-1-2-9/h3,6-7,9,11,14H,1-2,4-5,8,17H2. The van der Waals surface area contributed by atoms with E-state index in [1.54, 1.807) is 12.1 Å². The van der Waals surface area contributed by atoms with Gasteiger partial charge in [-0.15, -0.1) is 0 Å². The number of nitrogen functional groups attached to an aromatic ring is 1. The van der Waals surface area contributed by atoms with Gasteiger partial charge in [0.15, 0.2) is 0 Å². The molecule has 0 radical (unpaired) electrons. The first kappa shape index (κ1) is 11.8. The van der Waals surface area contributed by atoms with Gasteiger partial charge < -0.3 is 10.6 Å². The van der Waals surface area contributed by atoms with Crippen molar-refractivity contribution in [2.75, 3.05) is 17.2 Å². The molecule has 4 heteroatoms. The van der Waals surface area contributed by atoms with Crippen LogP contribution in [0.25, 0.3) is 0 Å². The van der Waals surface area contributed by atoms with Crippen molar-refractivity contribution in [3.8, 4) is 0 Å². The average Bonchev–Trinajstić information content (AvgIpc) is 3.19. The minimum absolute atomic E-state index is 0.0857. The Hall–Kier alpha value is -1.32. The molecule has 2 aliphatic carbocycles. The quantitative estimate of drug-likeness (QED) is 0.811. The topological polar surface area (TPSA) is 29.3 Å². The van der Waals surface area contributed by atoms with E-state index in [2.05, 4.69) is 4.90 Å². The van der Waals surface area contributed by atoms with Gasteiger partial charge >= 0.3 is 0 Å². The molecule has 18 heavy (non-hydrogen) atoms. The van der Waals surface area contributed by atoms with Crippen LogP contribution in [0, 0.1) is 5.92 Å². The fourth-order valence-electron chi connectivity index (χ4n) is 2.42. The molecule has 0 unspecified atom stereocenters. The van der Waals surface area contributed by atoms with Gasteiger partial charge in [0.1, 0.15) is 0 Å². The van der Waals surface area contributed by atoms with Crippen LogP contribution in [0.2, 0.25) is 0 Å². The van der Waals surface area contributed by atoms with Crippen LogP contribution in [0.15, 0.2) is 18.2 Å². The first-order valence-electron chi connectivity index (χ1n) is 6.59. The van der Waals surface area contributed by atoms with E-state index in [1.807, 2.05) is 0 Å². The van der Waals surface area contributed by atoms with Gasteiger partial charge in [-0.3, -0.25) is 0 Å². The molecule has 0 saturated heterocycles. The Morgan fingerprint density at radius 3 is 2.50 bits per heavy atom. The molecule has 0 aromatic heterocycles. The Bertz CT molecular complexity index is 439. The van der Waals surface area contributed by atoms with Crippen LogP contribution in [0.4, 0.5) is 20.2 Å². The molecule has 98 valence electrons. The maximum absolute atomic E-state index is 13.1. The van der Waals surface area contributed by atoms with Gasteiger partial charge in [-0.1, -0.05) is 0 Å². The fourth-order valence-corrected chi connectivity index (χ4v) is 2.42. The third-order valence-corrected chi connectivity index (χ3v) is 3.74. The Balaban J connectivity index is 1.91. The minimum Gasteiger partial charge on any atom is -0.399 e. The zero-order chi connectivity index (χ0) is 12.7. The van der Waals surface area contributed by atoms with E-state index in [1.165, 1.54) is 18.9 Å². The molecular formula is C14H18F2N2. The van der Waals surface area contributed by atoms with Crippen molar-refractivity contribution in [1.29, 1.82) is 0 Å². The van der Waals surface area contributed by atoms with E-state index < -0.39 is 6.43 Å². The molecule has 1 aromatic rings. The second-order valence-electron chi connectivity index (χ2n) is 5.45. The lowest BCUT2D eigenvalue weighted by molar-refractivity contribution is 0.152. The van der Waals surface area contributed by atoms with Gasteiger partial charge in [-0.25, -0.2) is 8.78 Å². The highest BCUT2D eigenvalue weighted by molar-refractivity contribution is 5.61. The van der Waals surface area contributed by atoms with Gasteiger partial charge in [-0.05, 0) is 49.8 Å². The van der Waals surface area contributed by atoms with Crippen LogP contribution in [0.1, 0.15) is 37.7 Å². The third kappa shape index (κ3) is 2.42. The molecule has 2 nitrogen and oxygen atoms in total. The summed E-state index contributed by atoms with van der Waals surface area (Å²) in [6.07, 6.45) is 2.27. The molecule has 0 spiro atoms. The normalized spacial score (nSPS) is 19.3. The highest BCUT2D eigenvalue weighted by atomic mass is 19.3. The number of rotatable bonds is 5. The van der Waals surface area contributed by atoms with Crippen molar-refractivity contribution in [3.05, 3.63) is 23.8 Å². The Morgan fingerprint density at radius 2 is 1.94 bits per heavy atom. The second-order valence-corrected chi connectivity index (χ2v) is 5.45. The number of halogens is 2. The van der Waals surface area contributed by atoms with Crippen LogP contribution in [-0.2, 0) is 0 Å². The summed E-state index contributed by atoms with van der Waals surface area (Å²) in [6, 6.07) is 5.37. The number of alkyl halides is 2. The van der Waals surface area contributed by atoms with Crippen LogP contribution < -0.4 is 10.6 Å². The summed E-state index contributed by atoms with van der Waals surface area (Å²) >= 11 is 0. The molecule has 0 bridgehead atoms. The maximum atomic E-state index is 13.1. The number of anilines is 2. The highest BCUT2D eigenvalue weighted by Crippen LogP contribution is 2.41. The van der Waals surface area contributed by atoms with Gasteiger partial charge in [0.05, 0.1) is 0 Å². The molecule has 2 saturated carbocycles. The molecular weight excluding hydrogens is 234 g/mol. The summed E-state index contributed by atoms with van der Waals surface area (Å²) in [5.74, 6) is 0.702. The lowest BCUT2D eigenvalue weighted by Crippen LogP contribution is -2.29. The zero-order valence-electron chi connectivity index (χ0n) is 10.3.